The van der Waals surface area contributed by atoms with Crippen molar-refractivity contribution >= 4 is 42.4 Å². The maximum absolute atomic E-state index is 13.3. The van der Waals surface area contributed by atoms with E-state index in [9.17, 15) is 18.3 Å². The first-order chi connectivity index (χ1) is 14.6. The Morgan fingerprint density at radius 3 is 2.45 bits per heavy atom. The second-order valence-corrected chi connectivity index (χ2v) is 11.1. The van der Waals surface area contributed by atoms with Crippen LogP contribution in [-0.4, -0.2) is 61.8 Å². The molecule has 0 atom stereocenters. The lowest BCUT2D eigenvalue weighted by Gasteiger charge is -2.35. The average molecular weight is 460 g/mol. The van der Waals surface area contributed by atoms with Gasteiger partial charge in [0.2, 0.25) is 0 Å². The van der Waals surface area contributed by atoms with Gasteiger partial charge in [-0.1, -0.05) is 37.3 Å². The molecule has 0 aliphatic carbocycles. The quantitative estimate of drug-likeness (QED) is 0.642. The number of hydrogen-bond acceptors (Lipinski definition) is 7. The molecule has 1 aliphatic heterocycles. The van der Waals surface area contributed by atoms with E-state index in [1.165, 1.54) is 17.4 Å². The van der Waals surface area contributed by atoms with Gasteiger partial charge >= 0.3 is 0 Å². The van der Waals surface area contributed by atoms with Crippen LogP contribution in [0.2, 0.25) is 0 Å². The Labute approximate surface area is 185 Å². The number of nitrogens with zero attached hydrogens (tertiary/aromatic N) is 3. The van der Waals surface area contributed by atoms with Gasteiger partial charge in [0, 0.05) is 38.0 Å². The molecule has 3 aromatic rings. The molecule has 4 rings (SSSR count). The van der Waals surface area contributed by atoms with Crippen LogP contribution in [0.3, 0.4) is 0 Å². The number of phenolic OH excluding ortho intramolecular Hbond substituents is 1. The van der Waals surface area contributed by atoms with Crippen LogP contribution in [0, 0.1) is 0 Å². The van der Waals surface area contributed by atoms with Crippen molar-refractivity contribution in [2.75, 3.05) is 37.3 Å². The molecule has 1 N–H and O–H groups in total. The van der Waals surface area contributed by atoms with Crippen molar-refractivity contribution in [1.29, 1.82) is 0 Å². The Bertz CT molecular complexity index is 1240. The van der Waals surface area contributed by atoms with Gasteiger partial charge in [0.05, 0.1) is 9.60 Å². The molecule has 2 heterocycles. The Kier molecular flexibility index (Phi) is 5.65. The number of thiazole rings is 1. The minimum atomic E-state index is -3.40. The standard InChI is InChI=1S/C22H25N3O4S2/c1-14(2)16-8-7-15(31(3,28)29)13-17(16)21(27)24-9-11-25(12-10-24)22-23-20-18(26)5-4-6-19(20)30-22/h4-8,13-14,26H,9-12H2,1-3H3. The summed E-state index contributed by atoms with van der Waals surface area (Å²) < 4.78 is 24.9. The van der Waals surface area contributed by atoms with Gasteiger partial charge in [-0.3, -0.25) is 4.79 Å². The third-order valence-electron chi connectivity index (χ3n) is 5.53. The van der Waals surface area contributed by atoms with Gasteiger partial charge < -0.3 is 14.9 Å². The number of para-hydroxylation sites is 1. The second-order valence-electron chi connectivity index (χ2n) is 8.08. The molecule has 0 unspecified atom stereocenters. The Morgan fingerprint density at radius 1 is 1.13 bits per heavy atom. The molecule has 0 spiro atoms. The first-order valence-corrected chi connectivity index (χ1v) is 12.8. The van der Waals surface area contributed by atoms with Crippen molar-refractivity contribution in [2.45, 2.75) is 24.7 Å². The Morgan fingerprint density at radius 2 is 1.84 bits per heavy atom. The Hall–Kier alpha value is -2.65. The summed E-state index contributed by atoms with van der Waals surface area (Å²) in [5.74, 6) is 0.126. The minimum Gasteiger partial charge on any atom is -0.506 e. The molecule has 0 radical (unpaired) electrons. The number of benzene rings is 2. The van der Waals surface area contributed by atoms with E-state index in [-0.39, 0.29) is 22.5 Å². The predicted octanol–water partition coefficient (Wildman–Crippen LogP) is 3.49. The third kappa shape index (κ3) is 4.24. The highest BCUT2D eigenvalue weighted by Crippen LogP contribution is 2.34. The van der Waals surface area contributed by atoms with Crippen molar-refractivity contribution in [3.63, 3.8) is 0 Å². The molecule has 164 valence electrons. The van der Waals surface area contributed by atoms with E-state index in [2.05, 4.69) is 9.88 Å². The van der Waals surface area contributed by atoms with E-state index in [0.29, 0.717) is 37.3 Å². The lowest BCUT2D eigenvalue weighted by Crippen LogP contribution is -2.49. The van der Waals surface area contributed by atoms with Gasteiger partial charge in [-0.25, -0.2) is 13.4 Å². The zero-order valence-electron chi connectivity index (χ0n) is 17.7. The number of amides is 1. The number of carbonyl (C=O) groups excluding carboxylic acids is 1. The maximum Gasteiger partial charge on any atom is 0.254 e. The summed E-state index contributed by atoms with van der Waals surface area (Å²) in [6.07, 6.45) is 1.15. The summed E-state index contributed by atoms with van der Waals surface area (Å²) in [4.78, 5) is 21.9. The highest BCUT2D eigenvalue weighted by molar-refractivity contribution is 7.90. The van der Waals surface area contributed by atoms with E-state index >= 15 is 0 Å². The number of aromatic hydroxyl groups is 1. The van der Waals surface area contributed by atoms with Crippen LogP contribution in [0.4, 0.5) is 5.13 Å². The highest BCUT2D eigenvalue weighted by Gasteiger charge is 2.27. The van der Waals surface area contributed by atoms with Crippen LogP contribution in [-0.2, 0) is 9.84 Å². The summed E-state index contributed by atoms with van der Waals surface area (Å²) in [7, 11) is -3.40. The van der Waals surface area contributed by atoms with Gasteiger partial charge in [0.15, 0.2) is 15.0 Å². The van der Waals surface area contributed by atoms with Gasteiger partial charge in [0.1, 0.15) is 11.3 Å². The lowest BCUT2D eigenvalue weighted by atomic mass is 9.96. The van der Waals surface area contributed by atoms with Crippen LogP contribution in [0.1, 0.15) is 35.7 Å². The number of anilines is 1. The first-order valence-electron chi connectivity index (χ1n) is 10.1. The summed E-state index contributed by atoms with van der Waals surface area (Å²) in [5.41, 5.74) is 1.90. The van der Waals surface area contributed by atoms with E-state index in [1.54, 1.807) is 29.2 Å². The van der Waals surface area contributed by atoms with E-state index in [1.807, 2.05) is 19.9 Å². The monoisotopic (exact) mass is 459 g/mol. The van der Waals surface area contributed by atoms with Crippen molar-refractivity contribution in [3.05, 3.63) is 47.5 Å². The summed E-state index contributed by atoms with van der Waals surface area (Å²) in [5, 5.41) is 10.8. The van der Waals surface area contributed by atoms with Crippen molar-refractivity contribution in [3.8, 4) is 5.75 Å². The topological polar surface area (TPSA) is 90.8 Å². The summed E-state index contributed by atoms with van der Waals surface area (Å²) in [6.45, 7) is 6.26. The fourth-order valence-corrected chi connectivity index (χ4v) is 5.47. The van der Waals surface area contributed by atoms with Crippen molar-refractivity contribution in [2.24, 2.45) is 0 Å². The lowest BCUT2D eigenvalue weighted by molar-refractivity contribution is 0.0745. The van der Waals surface area contributed by atoms with Crippen molar-refractivity contribution in [1.82, 2.24) is 9.88 Å². The zero-order valence-corrected chi connectivity index (χ0v) is 19.3. The molecule has 7 nitrogen and oxygen atoms in total. The number of hydrogen-bond donors (Lipinski definition) is 1. The molecule has 0 saturated carbocycles. The van der Waals surface area contributed by atoms with E-state index in [4.69, 9.17) is 0 Å². The number of aromatic nitrogens is 1. The predicted molar refractivity (Wildman–Crippen MR) is 123 cm³/mol. The zero-order chi connectivity index (χ0) is 22.3. The summed E-state index contributed by atoms with van der Waals surface area (Å²) in [6, 6.07) is 10.2. The van der Waals surface area contributed by atoms with Crippen LogP contribution in [0.15, 0.2) is 41.3 Å². The minimum absolute atomic E-state index is 0.101. The number of piperazine rings is 1. The average Bonchev–Trinajstić information content (AvgIpc) is 3.18. The van der Waals surface area contributed by atoms with E-state index < -0.39 is 9.84 Å². The molecule has 1 aliphatic rings. The Balaban J connectivity index is 1.54. The highest BCUT2D eigenvalue weighted by atomic mass is 32.2. The molecule has 1 fully saturated rings. The van der Waals surface area contributed by atoms with Crippen LogP contribution >= 0.6 is 11.3 Å². The normalized spacial score (nSPS) is 15.1. The molecule has 31 heavy (non-hydrogen) atoms. The fourth-order valence-electron chi connectivity index (χ4n) is 3.78. The van der Waals surface area contributed by atoms with Crippen LogP contribution in [0.5, 0.6) is 5.75 Å². The fraction of sp³-hybridized carbons (Fsp3) is 0.364. The first kappa shape index (κ1) is 21.6. The molecular formula is C22H25N3O4S2. The van der Waals surface area contributed by atoms with Gasteiger partial charge in [-0.2, -0.15) is 0 Å². The number of sulfone groups is 1. The molecule has 0 bridgehead atoms. The van der Waals surface area contributed by atoms with E-state index in [0.717, 1.165) is 21.7 Å². The number of fused-ring (bicyclic) bond motifs is 1. The molecule has 1 aromatic heterocycles. The SMILES string of the molecule is CC(C)c1ccc(S(C)(=O)=O)cc1C(=O)N1CCN(c2nc3c(O)cccc3s2)CC1. The smallest absolute Gasteiger partial charge is 0.254 e. The summed E-state index contributed by atoms with van der Waals surface area (Å²) >= 11 is 1.52. The van der Waals surface area contributed by atoms with Gasteiger partial charge in [0.25, 0.3) is 5.91 Å². The van der Waals surface area contributed by atoms with Gasteiger partial charge in [-0.05, 0) is 35.7 Å². The van der Waals surface area contributed by atoms with Crippen LogP contribution < -0.4 is 4.90 Å². The van der Waals surface area contributed by atoms with Crippen molar-refractivity contribution < 1.29 is 18.3 Å². The van der Waals surface area contributed by atoms with Crippen LogP contribution in [0.25, 0.3) is 10.2 Å². The number of carbonyl (C=O) groups is 1. The largest absolute Gasteiger partial charge is 0.506 e. The molecule has 1 amide bonds. The number of phenols is 1. The molecular weight excluding hydrogens is 434 g/mol. The molecule has 9 heteroatoms. The molecule has 1 saturated heterocycles. The third-order valence-corrected chi connectivity index (χ3v) is 7.72. The number of rotatable bonds is 4. The van der Waals surface area contributed by atoms with Gasteiger partial charge in [-0.15, -0.1) is 0 Å². The second kappa shape index (κ2) is 8.12. The molecule has 2 aromatic carbocycles. The maximum atomic E-state index is 13.3.